The number of hydrogen-bond acceptors (Lipinski definition) is 5. The smallest absolute Gasteiger partial charge is 0.204 e. The van der Waals surface area contributed by atoms with Crippen LogP contribution in [0.15, 0.2) is 54.6 Å². The molecule has 4 rings (SSSR count). The molecule has 1 aromatic heterocycles. The number of hydrogen-bond donors (Lipinski definition) is 0. The molecule has 1 saturated heterocycles. The van der Waals surface area contributed by atoms with E-state index in [9.17, 15) is 0 Å². The second kappa shape index (κ2) is 9.35. The van der Waals surface area contributed by atoms with Gasteiger partial charge in [0, 0.05) is 24.3 Å². The molecule has 0 amide bonds. The van der Waals surface area contributed by atoms with Crippen LogP contribution in [0.3, 0.4) is 0 Å². The molecule has 0 radical (unpaired) electrons. The van der Waals surface area contributed by atoms with E-state index in [1.54, 1.807) is 0 Å². The van der Waals surface area contributed by atoms with Crippen LogP contribution in [0.25, 0.3) is 17.1 Å². The van der Waals surface area contributed by atoms with Crippen molar-refractivity contribution in [2.45, 2.75) is 20.0 Å². The normalized spacial score (nSPS) is 14.8. The third-order valence-corrected chi connectivity index (χ3v) is 5.27. The Morgan fingerprint density at radius 3 is 2.45 bits per heavy atom. The predicted octanol–water partition coefficient (Wildman–Crippen LogP) is 4.15. The summed E-state index contributed by atoms with van der Waals surface area (Å²) in [6, 6.07) is 18.2. The van der Waals surface area contributed by atoms with Crippen molar-refractivity contribution >= 4 is 12.2 Å². The average molecular weight is 411 g/mol. The van der Waals surface area contributed by atoms with E-state index >= 15 is 0 Å². The maximum atomic E-state index is 5.83. The molecule has 1 aliphatic heterocycles. The summed E-state index contributed by atoms with van der Waals surface area (Å²) >= 11 is 5.83. The van der Waals surface area contributed by atoms with E-state index in [2.05, 4.69) is 24.0 Å². The molecule has 2 heterocycles. The van der Waals surface area contributed by atoms with E-state index in [1.165, 1.54) is 0 Å². The number of aromatic nitrogens is 3. The van der Waals surface area contributed by atoms with Crippen molar-refractivity contribution in [3.05, 3.63) is 59.4 Å². The van der Waals surface area contributed by atoms with Crippen LogP contribution in [0.2, 0.25) is 0 Å². The van der Waals surface area contributed by atoms with Crippen molar-refractivity contribution in [1.82, 2.24) is 19.2 Å². The zero-order valence-electron chi connectivity index (χ0n) is 16.7. The summed E-state index contributed by atoms with van der Waals surface area (Å²) in [5.74, 6) is 1.70. The van der Waals surface area contributed by atoms with Crippen molar-refractivity contribution in [3.63, 3.8) is 0 Å². The fraction of sp³-hybridized carbons (Fsp3) is 0.364. The molecule has 6 nitrogen and oxygen atoms in total. The number of morpholine rings is 1. The van der Waals surface area contributed by atoms with Gasteiger partial charge in [-0.1, -0.05) is 25.1 Å². The SMILES string of the molecule is CCCOc1ccc(-c2nn(CN3CCOCC3)c(=S)n2-c2ccccc2)cc1. The first kappa shape index (κ1) is 19.8. The lowest BCUT2D eigenvalue weighted by atomic mass is 10.2. The minimum atomic E-state index is 0.659. The molecule has 7 heteroatoms. The summed E-state index contributed by atoms with van der Waals surface area (Å²) in [5, 5.41) is 4.89. The zero-order chi connectivity index (χ0) is 20.1. The molecule has 1 fully saturated rings. The Morgan fingerprint density at radius 2 is 1.76 bits per heavy atom. The topological polar surface area (TPSA) is 44.4 Å². The standard InChI is InChI=1S/C22H26N4O2S/c1-2-14-28-20-10-8-18(9-11-20)21-23-25(17-24-12-15-27-16-13-24)22(29)26(21)19-6-4-3-5-7-19/h3-11H,2,12-17H2,1H3. The molecular formula is C22H26N4O2S. The first-order valence-electron chi connectivity index (χ1n) is 10.0. The highest BCUT2D eigenvalue weighted by atomic mass is 32.1. The van der Waals surface area contributed by atoms with Gasteiger partial charge in [-0.3, -0.25) is 9.47 Å². The van der Waals surface area contributed by atoms with Crippen LogP contribution in [-0.4, -0.2) is 52.2 Å². The lowest BCUT2D eigenvalue weighted by Crippen LogP contribution is -2.37. The number of para-hydroxylation sites is 1. The van der Waals surface area contributed by atoms with Crippen LogP contribution >= 0.6 is 12.2 Å². The Hall–Kier alpha value is -2.48. The van der Waals surface area contributed by atoms with Crippen LogP contribution in [0, 0.1) is 4.77 Å². The quantitative estimate of drug-likeness (QED) is 0.548. The van der Waals surface area contributed by atoms with E-state index in [4.69, 9.17) is 26.8 Å². The Kier molecular flexibility index (Phi) is 6.39. The van der Waals surface area contributed by atoms with Crippen molar-refractivity contribution in [2.24, 2.45) is 0 Å². The predicted molar refractivity (Wildman–Crippen MR) is 116 cm³/mol. The van der Waals surface area contributed by atoms with Crippen LogP contribution in [0.1, 0.15) is 13.3 Å². The third-order valence-electron chi connectivity index (χ3n) is 4.88. The molecule has 0 atom stereocenters. The largest absolute Gasteiger partial charge is 0.494 e. The fourth-order valence-electron chi connectivity index (χ4n) is 3.35. The molecule has 0 aliphatic carbocycles. The van der Waals surface area contributed by atoms with Gasteiger partial charge in [0.15, 0.2) is 5.82 Å². The lowest BCUT2D eigenvalue weighted by Gasteiger charge is -2.26. The number of nitrogens with zero attached hydrogens (tertiary/aromatic N) is 4. The first-order valence-corrected chi connectivity index (χ1v) is 10.5. The minimum absolute atomic E-state index is 0.659. The van der Waals surface area contributed by atoms with Gasteiger partial charge < -0.3 is 9.47 Å². The highest BCUT2D eigenvalue weighted by Crippen LogP contribution is 2.25. The van der Waals surface area contributed by atoms with Gasteiger partial charge in [0.05, 0.1) is 26.5 Å². The summed E-state index contributed by atoms with van der Waals surface area (Å²) in [6.07, 6.45) is 0.987. The van der Waals surface area contributed by atoms with Crippen molar-refractivity contribution in [2.75, 3.05) is 32.9 Å². The van der Waals surface area contributed by atoms with Gasteiger partial charge in [-0.05, 0) is 55.0 Å². The van der Waals surface area contributed by atoms with Crippen LogP contribution in [0.4, 0.5) is 0 Å². The van der Waals surface area contributed by atoms with E-state index < -0.39 is 0 Å². The third kappa shape index (κ3) is 4.58. The van der Waals surface area contributed by atoms with Gasteiger partial charge in [-0.25, -0.2) is 4.68 Å². The summed E-state index contributed by atoms with van der Waals surface area (Å²) in [7, 11) is 0. The summed E-state index contributed by atoms with van der Waals surface area (Å²) in [4.78, 5) is 2.31. The molecule has 0 N–H and O–H groups in total. The number of ether oxygens (including phenoxy) is 2. The minimum Gasteiger partial charge on any atom is -0.494 e. The highest BCUT2D eigenvalue weighted by molar-refractivity contribution is 7.71. The van der Waals surface area contributed by atoms with Gasteiger partial charge in [0.1, 0.15) is 5.75 Å². The summed E-state index contributed by atoms with van der Waals surface area (Å²) in [6.45, 7) is 6.75. The van der Waals surface area contributed by atoms with Crippen LogP contribution < -0.4 is 4.74 Å². The summed E-state index contributed by atoms with van der Waals surface area (Å²) < 4.78 is 15.8. The zero-order valence-corrected chi connectivity index (χ0v) is 17.5. The van der Waals surface area contributed by atoms with Crippen LogP contribution in [-0.2, 0) is 11.4 Å². The Morgan fingerprint density at radius 1 is 1.03 bits per heavy atom. The molecule has 152 valence electrons. The van der Waals surface area contributed by atoms with Gasteiger partial charge in [0.2, 0.25) is 4.77 Å². The molecular weight excluding hydrogens is 384 g/mol. The Bertz CT molecular complexity index is 976. The van der Waals surface area contributed by atoms with Gasteiger partial charge in [-0.15, -0.1) is 5.10 Å². The second-order valence-electron chi connectivity index (χ2n) is 7.02. The molecule has 3 aromatic rings. The van der Waals surface area contributed by atoms with Gasteiger partial charge in [0.25, 0.3) is 0 Å². The first-order chi connectivity index (χ1) is 14.3. The van der Waals surface area contributed by atoms with E-state index in [0.717, 1.165) is 55.5 Å². The van der Waals surface area contributed by atoms with Crippen LogP contribution in [0.5, 0.6) is 5.75 Å². The van der Waals surface area contributed by atoms with Crippen molar-refractivity contribution in [1.29, 1.82) is 0 Å². The van der Waals surface area contributed by atoms with E-state index in [-0.39, 0.29) is 0 Å². The molecule has 0 unspecified atom stereocenters. The maximum Gasteiger partial charge on any atom is 0.204 e. The monoisotopic (exact) mass is 410 g/mol. The van der Waals surface area contributed by atoms with Gasteiger partial charge >= 0.3 is 0 Å². The maximum absolute atomic E-state index is 5.83. The fourth-order valence-corrected chi connectivity index (χ4v) is 3.64. The number of benzene rings is 2. The van der Waals surface area contributed by atoms with Crippen molar-refractivity contribution in [3.8, 4) is 22.8 Å². The molecule has 1 aliphatic rings. The molecule has 0 spiro atoms. The van der Waals surface area contributed by atoms with Crippen molar-refractivity contribution < 1.29 is 9.47 Å². The number of rotatable bonds is 7. The second-order valence-corrected chi connectivity index (χ2v) is 7.39. The van der Waals surface area contributed by atoms with E-state index in [1.807, 2.05) is 51.7 Å². The molecule has 29 heavy (non-hydrogen) atoms. The Balaban J connectivity index is 1.71. The summed E-state index contributed by atoms with van der Waals surface area (Å²) in [5.41, 5.74) is 2.01. The molecule has 0 bridgehead atoms. The lowest BCUT2D eigenvalue weighted by molar-refractivity contribution is 0.0210. The van der Waals surface area contributed by atoms with E-state index in [0.29, 0.717) is 18.0 Å². The molecule has 0 saturated carbocycles. The average Bonchev–Trinajstić information content (AvgIpc) is 3.10. The van der Waals surface area contributed by atoms with Gasteiger partial charge in [-0.2, -0.15) is 0 Å². The Labute approximate surface area is 176 Å². The highest BCUT2D eigenvalue weighted by Gasteiger charge is 2.17. The molecule has 2 aromatic carbocycles.